The van der Waals surface area contributed by atoms with Crippen molar-refractivity contribution in [3.05, 3.63) is 48.8 Å². The summed E-state index contributed by atoms with van der Waals surface area (Å²) in [5, 5.41) is 0. The summed E-state index contributed by atoms with van der Waals surface area (Å²) in [6, 6.07) is 6.85. The summed E-state index contributed by atoms with van der Waals surface area (Å²) < 4.78 is 16.1. The van der Waals surface area contributed by atoms with Gasteiger partial charge in [0, 0.05) is 11.4 Å². The van der Waals surface area contributed by atoms with Gasteiger partial charge >= 0.3 is 7.60 Å². The zero-order chi connectivity index (χ0) is 10.6. The molecule has 0 bridgehead atoms. The highest BCUT2D eigenvalue weighted by atomic mass is 31.2. The molecule has 0 aromatic heterocycles. The Kier molecular flexibility index (Phi) is 3.28. The second kappa shape index (κ2) is 4.27. The van der Waals surface area contributed by atoms with Gasteiger partial charge in [-0.1, -0.05) is 37.4 Å². The summed E-state index contributed by atoms with van der Waals surface area (Å²) in [4.78, 5) is 9.18. The molecule has 14 heavy (non-hydrogen) atoms. The van der Waals surface area contributed by atoms with E-state index in [1.807, 2.05) is 0 Å². The number of para-hydroxylation sites is 1. The summed E-state index contributed by atoms with van der Waals surface area (Å²) in [5.41, 5.74) is 0.670. The van der Waals surface area contributed by atoms with Gasteiger partial charge in [-0.15, -0.1) is 0 Å². The molecule has 0 aliphatic heterocycles. The molecule has 0 saturated heterocycles. The molecule has 1 unspecified atom stereocenters. The Hall–Kier alpha value is -1.31. The summed E-state index contributed by atoms with van der Waals surface area (Å²) in [7, 11) is -3.72. The van der Waals surface area contributed by atoms with Crippen LogP contribution in [0.15, 0.2) is 43.2 Å². The molecule has 1 atom stereocenters. The van der Waals surface area contributed by atoms with Gasteiger partial charge in [-0.05, 0) is 6.07 Å². The average Bonchev–Trinajstić information content (AvgIpc) is 2.18. The third kappa shape index (κ3) is 2.59. The highest BCUT2D eigenvalue weighted by molar-refractivity contribution is 7.56. The predicted molar refractivity (Wildman–Crippen MR) is 57.2 cm³/mol. The standard InChI is InChI=1S/C10H11O3P/c1-3-9-7-5-6-8-10(9)13-14(11,12)4-2/h3-8H,1-2H2,(H,11,12). The van der Waals surface area contributed by atoms with Crippen molar-refractivity contribution in [3.8, 4) is 5.75 Å². The van der Waals surface area contributed by atoms with Crippen molar-refractivity contribution in [3.63, 3.8) is 0 Å². The number of hydrogen-bond acceptors (Lipinski definition) is 2. The Morgan fingerprint density at radius 3 is 2.57 bits per heavy atom. The molecule has 3 nitrogen and oxygen atoms in total. The summed E-state index contributed by atoms with van der Waals surface area (Å²) in [6.45, 7) is 6.79. The zero-order valence-electron chi connectivity index (χ0n) is 7.59. The molecule has 1 N–H and O–H groups in total. The minimum absolute atomic E-state index is 0.327. The van der Waals surface area contributed by atoms with Gasteiger partial charge in [0.1, 0.15) is 5.75 Å². The topological polar surface area (TPSA) is 46.5 Å². The highest BCUT2D eigenvalue weighted by Crippen LogP contribution is 2.44. The van der Waals surface area contributed by atoms with Gasteiger partial charge in [-0.25, -0.2) is 4.57 Å². The second-order valence-electron chi connectivity index (χ2n) is 2.58. The highest BCUT2D eigenvalue weighted by Gasteiger charge is 2.16. The monoisotopic (exact) mass is 210 g/mol. The Morgan fingerprint density at radius 1 is 1.36 bits per heavy atom. The van der Waals surface area contributed by atoms with Crippen LogP contribution in [0, 0.1) is 0 Å². The first kappa shape index (κ1) is 10.8. The molecular formula is C10H11O3P. The summed E-state index contributed by atoms with van der Waals surface area (Å²) in [5.74, 6) is 1.22. The van der Waals surface area contributed by atoms with Crippen LogP contribution in [-0.2, 0) is 4.57 Å². The van der Waals surface area contributed by atoms with Crippen LogP contribution in [0.5, 0.6) is 5.75 Å². The van der Waals surface area contributed by atoms with Gasteiger partial charge in [-0.3, -0.25) is 0 Å². The van der Waals surface area contributed by atoms with E-state index < -0.39 is 7.60 Å². The van der Waals surface area contributed by atoms with Crippen LogP contribution < -0.4 is 4.52 Å². The molecular weight excluding hydrogens is 199 g/mol. The summed E-state index contributed by atoms with van der Waals surface area (Å²) in [6.07, 6.45) is 1.55. The lowest BCUT2D eigenvalue weighted by atomic mass is 10.2. The Labute approximate surface area is 82.9 Å². The van der Waals surface area contributed by atoms with Crippen molar-refractivity contribution >= 4 is 13.7 Å². The lowest BCUT2D eigenvalue weighted by molar-refractivity contribution is 0.392. The van der Waals surface area contributed by atoms with Crippen molar-refractivity contribution in [2.45, 2.75) is 0 Å². The molecule has 1 aromatic rings. The largest absolute Gasteiger partial charge is 0.421 e. The van der Waals surface area contributed by atoms with Gasteiger partial charge in [0.15, 0.2) is 0 Å². The van der Waals surface area contributed by atoms with Crippen LogP contribution in [0.4, 0.5) is 0 Å². The maximum atomic E-state index is 11.2. The molecule has 0 saturated carbocycles. The molecule has 4 heteroatoms. The third-order valence-corrected chi connectivity index (χ3v) is 2.52. The molecule has 0 radical (unpaired) electrons. The first-order valence-electron chi connectivity index (χ1n) is 3.96. The lowest BCUT2D eigenvalue weighted by Crippen LogP contribution is -1.90. The van der Waals surface area contributed by atoms with Crippen molar-refractivity contribution in [1.82, 2.24) is 0 Å². The van der Waals surface area contributed by atoms with E-state index in [9.17, 15) is 9.46 Å². The average molecular weight is 210 g/mol. The molecule has 1 rings (SSSR count). The van der Waals surface area contributed by atoms with Gasteiger partial charge in [0.25, 0.3) is 0 Å². The van der Waals surface area contributed by atoms with Crippen LogP contribution in [0.3, 0.4) is 0 Å². The lowest BCUT2D eigenvalue weighted by Gasteiger charge is -2.11. The van der Waals surface area contributed by atoms with E-state index in [4.69, 9.17) is 4.52 Å². The number of rotatable bonds is 4. The van der Waals surface area contributed by atoms with Gasteiger partial charge < -0.3 is 9.42 Å². The van der Waals surface area contributed by atoms with Crippen molar-refractivity contribution in [1.29, 1.82) is 0 Å². The Balaban J connectivity index is 3.02. The number of benzene rings is 1. The van der Waals surface area contributed by atoms with Crippen LogP contribution >= 0.6 is 7.60 Å². The Morgan fingerprint density at radius 2 is 2.00 bits per heavy atom. The molecule has 0 heterocycles. The minimum Gasteiger partial charge on any atom is -0.421 e. The fourth-order valence-electron chi connectivity index (χ4n) is 0.910. The van der Waals surface area contributed by atoms with E-state index in [0.717, 1.165) is 5.82 Å². The maximum absolute atomic E-state index is 11.2. The fourth-order valence-corrected chi connectivity index (χ4v) is 1.43. The van der Waals surface area contributed by atoms with Crippen LogP contribution in [0.25, 0.3) is 6.08 Å². The fraction of sp³-hybridized carbons (Fsp3) is 0. The molecule has 0 fully saturated rings. The zero-order valence-corrected chi connectivity index (χ0v) is 8.48. The molecule has 0 spiro atoms. The molecule has 0 amide bonds. The minimum atomic E-state index is -3.72. The third-order valence-electron chi connectivity index (χ3n) is 1.60. The van der Waals surface area contributed by atoms with E-state index in [2.05, 4.69) is 13.2 Å². The van der Waals surface area contributed by atoms with E-state index in [-0.39, 0.29) is 0 Å². The maximum Gasteiger partial charge on any atom is 0.400 e. The molecule has 0 aliphatic carbocycles. The molecule has 74 valence electrons. The van der Waals surface area contributed by atoms with Crippen LogP contribution in [-0.4, -0.2) is 4.89 Å². The van der Waals surface area contributed by atoms with E-state index >= 15 is 0 Å². The SMILES string of the molecule is C=Cc1ccccc1OP(=O)(O)C=C. The first-order valence-corrected chi connectivity index (χ1v) is 5.61. The van der Waals surface area contributed by atoms with Crippen molar-refractivity contribution in [2.75, 3.05) is 0 Å². The van der Waals surface area contributed by atoms with Crippen LogP contribution in [0.1, 0.15) is 5.56 Å². The normalized spacial score (nSPS) is 14.1. The molecule has 0 aliphatic rings. The van der Waals surface area contributed by atoms with Crippen molar-refractivity contribution in [2.24, 2.45) is 0 Å². The van der Waals surface area contributed by atoms with Crippen LogP contribution in [0.2, 0.25) is 0 Å². The van der Waals surface area contributed by atoms with Crippen molar-refractivity contribution < 1.29 is 14.0 Å². The summed E-state index contributed by atoms with van der Waals surface area (Å²) >= 11 is 0. The molecule has 1 aromatic carbocycles. The van der Waals surface area contributed by atoms with E-state index in [1.54, 1.807) is 30.3 Å². The Bertz CT molecular complexity index is 398. The number of hydrogen-bond donors (Lipinski definition) is 1. The van der Waals surface area contributed by atoms with E-state index in [1.165, 1.54) is 0 Å². The quantitative estimate of drug-likeness (QED) is 0.777. The smallest absolute Gasteiger partial charge is 0.400 e. The van der Waals surface area contributed by atoms with Gasteiger partial charge in [-0.2, -0.15) is 0 Å². The van der Waals surface area contributed by atoms with Gasteiger partial charge in [0.05, 0.1) is 0 Å². The predicted octanol–water partition coefficient (Wildman–Crippen LogP) is 3.04. The van der Waals surface area contributed by atoms with E-state index in [0.29, 0.717) is 11.3 Å². The second-order valence-corrected chi connectivity index (χ2v) is 4.26. The van der Waals surface area contributed by atoms with Gasteiger partial charge in [0.2, 0.25) is 0 Å². The first-order chi connectivity index (χ1) is 6.59.